The summed E-state index contributed by atoms with van der Waals surface area (Å²) in [4.78, 5) is 9.53. The number of rotatable bonds is 1. The number of carbonyl (C=O) groups is 1. The van der Waals surface area contributed by atoms with Gasteiger partial charge in [0.15, 0.2) is 0 Å². The molecule has 0 aliphatic rings. The summed E-state index contributed by atoms with van der Waals surface area (Å²) in [7, 11) is 0. The summed E-state index contributed by atoms with van der Waals surface area (Å²) in [5, 5.41) is 7.70. The average Bonchev–Trinajstić information content (AvgIpc) is 1.62. The van der Waals surface area contributed by atoms with E-state index in [0.717, 1.165) is 0 Å². The van der Waals surface area contributed by atoms with E-state index >= 15 is 0 Å². The lowest BCUT2D eigenvalue weighted by Crippen LogP contribution is -2.18. The van der Waals surface area contributed by atoms with E-state index in [-0.39, 0.29) is 24.0 Å². The van der Waals surface area contributed by atoms with Crippen LogP contribution in [-0.2, 0) is 4.79 Å². The summed E-state index contributed by atoms with van der Waals surface area (Å²) in [6, 6.07) is 0. The predicted octanol–water partition coefficient (Wildman–Crippen LogP) is 1.81. The third-order valence-electron chi connectivity index (χ3n) is 0.600. The molecule has 10 heavy (non-hydrogen) atoms. The second kappa shape index (κ2) is 3.79. The first-order valence-corrected chi connectivity index (χ1v) is 1.85. The molecule has 0 aliphatic heterocycles. The number of hydrogen-bond donors (Lipinski definition) is 1. The van der Waals surface area contributed by atoms with Crippen molar-refractivity contribution in [1.29, 1.82) is 0 Å². The molecule has 0 amide bonds. The van der Waals surface area contributed by atoms with Gasteiger partial charge in [-0.1, -0.05) is 6.58 Å². The minimum absolute atomic E-state index is 0. The second-order valence-corrected chi connectivity index (χ2v) is 1.28. The van der Waals surface area contributed by atoms with Crippen LogP contribution in [0, 0.1) is 0 Å². The Morgan fingerprint density at radius 2 is 1.70 bits per heavy atom. The van der Waals surface area contributed by atoms with E-state index in [1.807, 2.05) is 0 Å². The van der Waals surface area contributed by atoms with Crippen LogP contribution in [0.5, 0.6) is 0 Å². The summed E-state index contributed by atoms with van der Waals surface area (Å²) < 4.78 is 33.7. The third kappa shape index (κ3) is 3.70. The molecule has 2 nitrogen and oxygen atoms in total. The summed E-state index contributed by atoms with van der Waals surface area (Å²) in [6.45, 7) is 2.30. The molecule has 0 saturated carbocycles. The van der Waals surface area contributed by atoms with Gasteiger partial charge in [0, 0.05) is 0 Å². The highest BCUT2D eigenvalue weighted by Crippen LogP contribution is 2.23. The molecule has 0 unspecified atom stereocenters. The van der Waals surface area contributed by atoms with Crippen LogP contribution in [0.25, 0.3) is 0 Å². The number of carboxylic acid groups (broad SMARTS) is 1. The van der Waals surface area contributed by atoms with Gasteiger partial charge in [0.05, 0.1) is 0 Å². The van der Waals surface area contributed by atoms with Crippen molar-refractivity contribution < 1.29 is 23.1 Å². The van der Waals surface area contributed by atoms with Gasteiger partial charge in [-0.15, -0.1) is 24.0 Å². The molecule has 0 bridgehead atoms. The van der Waals surface area contributed by atoms with Crippen LogP contribution in [0.1, 0.15) is 0 Å². The second-order valence-electron chi connectivity index (χ2n) is 1.28. The Hall–Kier alpha value is -0.270. The largest absolute Gasteiger partial charge is 0.478 e. The molecule has 0 atom stereocenters. The Kier molecular flexibility index (Phi) is 4.70. The van der Waals surface area contributed by atoms with Gasteiger partial charge in [0.1, 0.15) is 5.57 Å². The highest BCUT2D eigenvalue weighted by molar-refractivity contribution is 14.0. The zero-order chi connectivity index (χ0) is 7.65. The van der Waals surface area contributed by atoms with Crippen molar-refractivity contribution in [3.8, 4) is 0 Å². The Morgan fingerprint density at radius 1 is 1.40 bits per heavy atom. The Balaban J connectivity index is 0. The van der Waals surface area contributed by atoms with E-state index in [1.54, 1.807) is 0 Å². The van der Waals surface area contributed by atoms with E-state index in [9.17, 15) is 18.0 Å². The highest BCUT2D eigenvalue weighted by atomic mass is 127. The van der Waals surface area contributed by atoms with Gasteiger partial charge in [0.2, 0.25) is 0 Å². The van der Waals surface area contributed by atoms with Gasteiger partial charge in [0.25, 0.3) is 0 Å². The maximum atomic E-state index is 11.2. The summed E-state index contributed by atoms with van der Waals surface area (Å²) in [6.07, 6.45) is -4.81. The molecule has 0 spiro atoms. The van der Waals surface area contributed by atoms with E-state index in [0.29, 0.717) is 0 Å². The maximum Gasteiger partial charge on any atom is 0.422 e. The smallest absolute Gasteiger partial charge is 0.422 e. The maximum absolute atomic E-state index is 11.2. The van der Waals surface area contributed by atoms with E-state index in [2.05, 4.69) is 6.58 Å². The van der Waals surface area contributed by atoms with Crippen LogP contribution in [0.15, 0.2) is 12.2 Å². The number of carboxylic acids is 1. The first kappa shape index (κ1) is 12.4. The molecular formula is C4H4F3IO2. The molecule has 60 valence electrons. The molecule has 0 aromatic heterocycles. The van der Waals surface area contributed by atoms with Crippen molar-refractivity contribution >= 4 is 29.9 Å². The number of alkyl halides is 3. The molecule has 6 heteroatoms. The van der Waals surface area contributed by atoms with Crippen LogP contribution in [0.4, 0.5) is 13.2 Å². The van der Waals surface area contributed by atoms with Crippen molar-refractivity contribution in [2.24, 2.45) is 0 Å². The number of aliphatic carboxylic acids is 1. The van der Waals surface area contributed by atoms with Crippen LogP contribution < -0.4 is 0 Å². The topological polar surface area (TPSA) is 37.3 Å². The summed E-state index contributed by atoms with van der Waals surface area (Å²) in [5.41, 5.74) is -1.75. The fourth-order valence-corrected chi connectivity index (χ4v) is 0.121. The fourth-order valence-electron chi connectivity index (χ4n) is 0.121. The minimum atomic E-state index is -4.81. The van der Waals surface area contributed by atoms with Gasteiger partial charge in [-0.2, -0.15) is 13.2 Å². The third-order valence-corrected chi connectivity index (χ3v) is 0.600. The number of halogens is 4. The molecule has 0 saturated heterocycles. The Morgan fingerprint density at radius 3 is 1.70 bits per heavy atom. The molecule has 1 N–H and O–H groups in total. The van der Waals surface area contributed by atoms with Gasteiger partial charge in [-0.05, 0) is 0 Å². The number of hydrogen-bond acceptors (Lipinski definition) is 1. The van der Waals surface area contributed by atoms with Crippen molar-refractivity contribution in [1.82, 2.24) is 0 Å². The highest BCUT2D eigenvalue weighted by Gasteiger charge is 2.36. The fraction of sp³-hybridized carbons (Fsp3) is 0.250. The van der Waals surface area contributed by atoms with Crippen molar-refractivity contribution in [2.75, 3.05) is 0 Å². The molecule has 0 rings (SSSR count). The molecule has 0 heterocycles. The van der Waals surface area contributed by atoms with E-state index in [4.69, 9.17) is 5.11 Å². The minimum Gasteiger partial charge on any atom is -0.478 e. The van der Waals surface area contributed by atoms with Crippen LogP contribution in [-0.4, -0.2) is 17.3 Å². The zero-order valence-corrected chi connectivity index (χ0v) is 6.94. The van der Waals surface area contributed by atoms with E-state index < -0.39 is 17.7 Å². The molecule has 0 aromatic rings. The molecular weight excluding hydrogens is 264 g/mol. The first-order valence-electron chi connectivity index (χ1n) is 1.85. The van der Waals surface area contributed by atoms with Gasteiger partial charge in [-0.25, -0.2) is 4.79 Å². The molecule has 0 fully saturated rings. The monoisotopic (exact) mass is 268 g/mol. The molecule has 0 radical (unpaired) electrons. The average molecular weight is 268 g/mol. The van der Waals surface area contributed by atoms with Gasteiger partial charge >= 0.3 is 12.1 Å². The van der Waals surface area contributed by atoms with Crippen LogP contribution in [0.3, 0.4) is 0 Å². The van der Waals surface area contributed by atoms with Crippen molar-refractivity contribution in [3.63, 3.8) is 0 Å². The van der Waals surface area contributed by atoms with Crippen molar-refractivity contribution in [3.05, 3.63) is 12.2 Å². The standard InChI is InChI=1S/C4H3F3O2.HI/c1-2(3(8)9)4(5,6)7;/h1H2,(H,8,9);1H. The normalized spacial score (nSPS) is 9.90. The van der Waals surface area contributed by atoms with Crippen LogP contribution in [0.2, 0.25) is 0 Å². The molecule has 0 aliphatic carbocycles. The zero-order valence-electron chi connectivity index (χ0n) is 4.60. The SMILES string of the molecule is C=C(C(=O)O)C(F)(F)F.I. The Labute approximate surface area is 71.7 Å². The quantitative estimate of drug-likeness (QED) is 0.581. The van der Waals surface area contributed by atoms with Crippen LogP contribution >= 0.6 is 24.0 Å². The van der Waals surface area contributed by atoms with Gasteiger partial charge < -0.3 is 5.11 Å². The summed E-state index contributed by atoms with van der Waals surface area (Å²) in [5.74, 6) is -2.04. The van der Waals surface area contributed by atoms with Crippen molar-refractivity contribution in [2.45, 2.75) is 6.18 Å². The van der Waals surface area contributed by atoms with E-state index in [1.165, 1.54) is 0 Å². The molecule has 0 aromatic carbocycles. The lowest BCUT2D eigenvalue weighted by molar-refractivity contribution is -0.144. The predicted molar refractivity (Wildman–Crippen MR) is 38.2 cm³/mol. The summed E-state index contributed by atoms with van der Waals surface area (Å²) >= 11 is 0. The van der Waals surface area contributed by atoms with Gasteiger partial charge in [-0.3, -0.25) is 0 Å². The lowest BCUT2D eigenvalue weighted by Gasteiger charge is -2.02. The Bertz CT molecular complexity index is 151. The first-order chi connectivity index (χ1) is 3.85. The lowest BCUT2D eigenvalue weighted by atomic mass is 10.3.